The van der Waals surface area contributed by atoms with Gasteiger partial charge in [0.25, 0.3) is 0 Å². The van der Waals surface area contributed by atoms with Gasteiger partial charge in [0, 0.05) is 6.54 Å². The number of piperidine rings is 1. The number of likely N-dealkylation sites (tertiary alicyclic amines) is 1. The number of ether oxygens (including phenoxy) is 3. The van der Waals surface area contributed by atoms with Crippen LogP contribution in [0.15, 0.2) is 48.5 Å². The fourth-order valence-electron chi connectivity index (χ4n) is 3.95. The van der Waals surface area contributed by atoms with Gasteiger partial charge in [0.05, 0.1) is 33.5 Å². The van der Waals surface area contributed by atoms with E-state index in [1.54, 1.807) is 14.2 Å². The summed E-state index contributed by atoms with van der Waals surface area (Å²) in [6, 6.07) is 16.5. The first kappa shape index (κ1) is 21.6. The number of rotatable bonds is 10. The molecule has 158 valence electrons. The third-order valence-electron chi connectivity index (χ3n) is 5.57. The maximum Gasteiger partial charge on any atom is 0.161 e. The van der Waals surface area contributed by atoms with Gasteiger partial charge in [-0.2, -0.15) is 0 Å². The van der Waals surface area contributed by atoms with Crippen molar-refractivity contribution in [3.63, 3.8) is 0 Å². The molecule has 1 N–H and O–H groups in total. The minimum atomic E-state index is -0.471. The predicted molar refractivity (Wildman–Crippen MR) is 115 cm³/mol. The first-order valence-corrected chi connectivity index (χ1v) is 10.4. The molecule has 0 radical (unpaired) electrons. The average molecular weight is 400 g/mol. The highest BCUT2D eigenvalue weighted by Gasteiger charge is 2.21. The molecule has 1 aliphatic rings. The number of hydrogen-bond donors (Lipinski definition) is 1. The molecule has 0 aromatic heterocycles. The smallest absolute Gasteiger partial charge is 0.161 e. The molecule has 0 spiro atoms. The van der Waals surface area contributed by atoms with Crippen molar-refractivity contribution in [3.05, 3.63) is 59.7 Å². The molecule has 0 aliphatic carbocycles. The van der Waals surface area contributed by atoms with Crippen LogP contribution in [0.3, 0.4) is 0 Å². The lowest BCUT2D eigenvalue weighted by Crippen LogP contribution is -2.40. The van der Waals surface area contributed by atoms with Crippen LogP contribution in [-0.2, 0) is 17.8 Å². The van der Waals surface area contributed by atoms with E-state index in [2.05, 4.69) is 35.2 Å². The zero-order chi connectivity index (χ0) is 20.5. The summed E-state index contributed by atoms with van der Waals surface area (Å²) in [7, 11) is 3.24. The number of aliphatic hydroxyl groups is 1. The first-order chi connectivity index (χ1) is 14.2. The van der Waals surface area contributed by atoms with E-state index >= 15 is 0 Å². The summed E-state index contributed by atoms with van der Waals surface area (Å²) in [5.41, 5.74) is 2.42. The lowest BCUT2D eigenvalue weighted by Gasteiger charge is -2.33. The number of aliphatic hydroxyl groups excluding tert-OH is 1. The van der Waals surface area contributed by atoms with Crippen molar-refractivity contribution in [1.29, 1.82) is 0 Å². The van der Waals surface area contributed by atoms with Crippen molar-refractivity contribution in [2.24, 2.45) is 5.92 Å². The second-order valence-electron chi connectivity index (χ2n) is 7.79. The van der Waals surface area contributed by atoms with E-state index in [1.807, 2.05) is 18.2 Å². The Hall–Kier alpha value is -2.08. The number of hydrogen-bond acceptors (Lipinski definition) is 5. The molecule has 2 aromatic rings. The highest BCUT2D eigenvalue weighted by molar-refractivity contribution is 5.42. The van der Waals surface area contributed by atoms with E-state index in [0.717, 1.165) is 31.0 Å². The Kier molecular flexibility index (Phi) is 8.35. The van der Waals surface area contributed by atoms with Crippen LogP contribution in [0.2, 0.25) is 0 Å². The van der Waals surface area contributed by atoms with Gasteiger partial charge >= 0.3 is 0 Å². The second-order valence-corrected chi connectivity index (χ2v) is 7.79. The minimum absolute atomic E-state index is 0.332. The van der Waals surface area contributed by atoms with E-state index in [9.17, 15) is 5.11 Å². The van der Waals surface area contributed by atoms with Gasteiger partial charge in [0.15, 0.2) is 11.5 Å². The van der Waals surface area contributed by atoms with Crippen molar-refractivity contribution in [2.75, 3.05) is 40.5 Å². The molecule has 2 aromatic carbocycles. The molecule has 5 nitrogen and oxygen atoms in total. The summed E-state index contributed by atoms with van der Waals surface area (Å²) >= 11 is 0. The largest absolute Gasteiger partial charge is 0.493 e. The van der Waals surface area contributed by atoms with Gasteiger partial charge in [0.1, 0.15) is 0 Å². The van der Waals surface area contributed by atoms with Crippen molar-refractivity contribution in [2.45, 2.75) is 32.0 Å². The van der Waals surface area contributed by atoms with Gasteiger partial charge in [-0.1, -0.05) is 36.4 Å². The fraction of sp³-hybridized carbons (Fsp3) is 0.500. The first-order valence-electron chi connectivity index (χ1n) is 10.4. The van der Waals surface area contributed by atoms with Crippen LogP contribution in [0.4, 0.5) is 0 Å². The number of nitrogens with zero attached hydrogens (tertiary/aromatic N) is 1. The fourth-order valence-corrected chi connectivity index (χ4v) is 3.95. The van der Waals surface area contributed by atoms with Crippen LogP contribution < -0.4 is 9.47 Å². The molecule has 1 saturated heterocycles. The Morgan fingerprint density at radius 2 is 1.69 bits per heavy atom. The quantitative estimate of drug-likeness (QED) is 0.662. The molecule has 1 heterocycles. The van der Waals surface area contributed by atoms with E-state index in [-0.39, 0.29) is 0 Å². The molecular formula is C24H33NO4. The average Bonchev–Trinajstić information content (AvgIpc) is 2.75. The topological polar surface area (TPSA) is 51.2 Å². The normalized spacial score (nSPS) is 16.5. The molecule has 29 heavy (non-hydrogen) atoms. The van der Waals surface area contributed by atoms with Crippen LogP contribution in [0.5, 0.6) is 11.5 Å². The molecule has 3 rings (SSSR count). The monoisotopic (exact) mass is 399 g/mol. The highest BCUT2D eigenvalue weighted by atomic mass is 16.5. The van der Waals surface area contributed by atoms with Gasteiger partial charge in [-0.05, 0) is 61.5 Å². The summed E-state index contributed by atoms with van der Waals surface area (Å²) in [5.74, 6) is 2.13. The summed E-state index contributed by atoms with van der Waals surface area (Å²) in [6.07, 6.45) is 3.06. The molecule has 1 aliphatic heterocycles. The zero-order valence-corrected chi connectivity index (χ0v) is 17.5. The molecular weight excluding hydrogens is 366 g/mol. The molecule has 5 heteroatoms. The second kappa shape index (κ2) is 11.2. The van der Waals surface area contributed by atoms with Crippen LogP contribution in [0.1, 0.15) is 24.0 Å². The lowest BCUT2D eigenvalue weighted by atomic mass is 9.90. The Labute approximate surface area is 174 Å². The minimum Gasteiger partial charge on any atom is -0.493 e. The predicted octanol–water partition coefficient (Wildman–Crippen LogP) is 3.54. The Morgan fingerprint density at radius 3 is 2.38 bits per heavy atom. The van der Waals surface area contributed by atoms with E-state index < -0.39 is 6.10 Å². The van der Waals surface area contributed by atoms with Crippen LogP contribution in [0.25, 0.3) is 0 Å². The van der Waals surface area contributed by atoms with Gasteiger partial charge in [-0.25, -0.2) is 0 Å². The van der Waals surface area contributed by atoms with Crippen molar-refractivity contribution in [1.82, 2.24) is 4.90 Å². The number of β-amino-alcohol motifs (C(OH)–C–C–N with tert-alkyl or cyclic N) is 1. The van der Waals surface area contributed by atoms with Gasteiger partial charge < -0.3 is 24.2 Å². The Bertz CT molecular complexity index is 729. The van der Waals surface area contributed by atoms with Crippen molar-refractivity contribution in [3.8, 4) is 11.5 Å². The van der Waals surface area contributed by atoms with Gasteiger partial charge in [-0.3, -0.25) is 0 Å². The van der Waals surface area contributed by atoms with Crippen LogP contribution >= 0.6 is 0 Å². The Morgan fingerprint density at radius 1 is 0.966 bits per heavy atom. The van der Waals surface area contributed by atoms with Crippen molar-refractivity contribution < 1.29 is 19.3 Å². The molecule has 0 saturated carbocycles. The van der Waals surface area contributed by atoms with Crippen LogP contribution in [0, 0.1) is 5.92 Å². The molecule has 0 unspecified atom stereocenters. The standard InChI is InChI=1S/C24H33NO4/c1-27-23-9-8-21(15-24(23)28-2)17-29-18-22(26)16-25-12-10-20(11-13-25)14-19-6-4-3-5-7-19/h3-9,15,20,22,26H,10-14,16-18H2,1-2H3/t22-/m0/s1. The SMILES string of the molecule is COc1ccc(COC[C@@H](O)CN2CCC(Cc3ccccc3)CC2)cc1OC. The Balaban J connectivity index is 1.34. The van der Waals surface area contributed by atoms with Crippen molar-refractivity contribution >= 4 is 0 Å². The maximum absolute atomic E-state index is 10.4. The molecule has 0 bridgehead atoms. The van der Waals surface area contributed by atoms with E-state index in [1.165, 1.54) is 18.4 Å². The molecule has 1 fully saturated rings. The number of methoxy groups -OCH3 is 2. The van der Waals surface area contributed by atoms with Crippen LogP contribution in [-0.4, -0.2) is 56.6 Å². The van der Waals surface area contributed by atoms with Gasteiger partial charge in [-0.15, -0.1) is 0 Å². The van der Waals surface area contributed by atoms with Gasteiger partial charge in [0.2, 0.25) is 0 Å². The lowest BCUT2D eigenvalue weighted by molar-refractivity contribution is 0.00446. The highest BCUT2D eigenvalue weighted by Crippen LogP contribution is 2.27. The summed E-state index contributed by atoms with van der Waals surface area (Å²) < 4.78 is 16.3. The summed E-state index contributed by atoms with van der Waals surface area (Å²) in [4.78, 5) is 2.35. The molecule has 1 atom stereocenters. The third-order valence-corrected chi connectivity index (χ3v) is 5.57. The zero-order valence-electron chi connectivity index (χ0n) is 17.5. The summed E-state index contributed by atoms with van der Waals surface area (Å²) in [6.45, 7) is 3.54. The van der Waals surface area contributed by atoms with E-state index in [4.69, 9.17) is 14.2 Å². The number of benzene rings is 2. The maximum atomic E-state index is 10.4. The molecule has 0 amide bonds. The third kappa shape index (κ3) is 6.74. The summed E-state index contributed by atoms with van der Waals surface area (Å²) in [5, 5.41) is 10.4. The van der Waals surface area contributed by atoms with E-state index in [0.29, 0.717) is 31.3 Å².